The minimum atomic E-state index is -3.62. The number of carbonyl (C=O) groups is 1. The van der Waals surface area contributed by atoms with Crippen LogP contribution in [0.4, 0.5) is 4.79 Å². The van der Waals surface area contributed by atoms with Crippen molar-refractivity contribution >= 4 is 16.1 Å². The molecule has 0 radical (unpaired) electrons. The van der Waals surface area contributed by atoms with Gasteiger partial charge in [-0.1, -0.05) is 0 Å². The van der Waals surface area contributed by atoms with Gasteiger partial charge in [-0.25, -0.2) is 18.4 Å². The molecule has 24 heavy (non-hydrogen) atoms. The zero-order valence-corrected chi connectivity index (χ0v) is 15.4. The first-order chi connectivity index (χ1) is 11.0. The molecule has 0 aromatic rings. The highest BCUT2D eigenvalue weighted by Gasteiger charge is 2.41. The number of ether oxygens (including phenoxy) is 3. The normalized spacial score (nSPS) is 29.3. The molecular formula is C15H28N2O6S. The number of amides is 1. The fourth-order valence-electron chi connectivity index (χ4n) is 3.08. The van der Waals surface area contributed by atoms with E-state index in [1.807, 2.05) is 20.8 Å². The molecule has 0 aromatic heterocycles. The maximum Gasteiger partial charge on any atom is 0.410 e. The molecule has 2 rings (SSSR count). The lowest BCUT2D eigenvalue weighted by molar-refractivity contribution is -0.195. The molecule has 9 heteroatoms. The third-order valence-electron chi connectivity index (χ3n) is 4.05. The molecule has 2 fully saturated rings. The van der Waals surface area contributed by atoms with Gasteiger partial charge in [-0.15, -0.1) is 0 Å². The molecule has 1 amide bonds. The Hall–Kier alpha value is -0.900. The van der Waals surface area contributed by atoms with Crippen molar-refractivity contribution in [3.05, 3.63) is 0 Å². The summed E-state index contributed by atoms with van der Waals surface area (Å²) in [7, 11) is -3.62. The monoisotopic (exact) mass is 364 g/mol. The van der Waals surface area contributed by atoms with E-state index < -0.39 is 27.3 Å². The third kappa shape index (κ3) is 5.87. The van der Waals surface area contributed by atoms with Crippen LogP contribution < -0.4 is 5.14 Å². The van der Waals surface area contributed by atoms with E-state index in [1.165, 1.54) is 0 Å². The molecule has 8 nitrogen and oxygen atoms in total. The van der Waals surface area contributed by atoms with E-state index in [0.29, 0.717) is 32.5 Å². The van der Waals surface area contributed by atoms with E-state index in [2.05, 4.69) is 0 Å². The Morgan fingerprint density at radius 1 is 1.33 bits per heavy atom. The van der Waals surface area contributed by atoms with Gasteiger partial charge in [0.05, 0.1) is 30.7 Å². The standard InChI is InChI=1S/C15H28N2O6S/c1-14(2,3)23-13(18)17-7-4-5-15(6-8-17)11-21-9-12(22-15)10-24(16,19)20/h12H,4-11H2,1-3H3,(H2,16,19,20). The lowest BCUT2D eigenvalue weighted by Gasteiger charge is -2.40. The zero-order chi connectivity index (χ0) is 18.0. The number of hydrogen-bond donors (Lipinski definition) is 1. The Morgan fingerprint density at radius 3 is 2.67 bits per heavy atom. The number of nitrogens with zero attached hydrogens (tertiary/aromatic N) is 1. The largest absolute Gasteiger partial charge is 0.444 e. The van der Waals surface area contributed by atoms with Crippen LogP contribution in [0, 0.1) is 0 Å². The summed E-state index contributed by atoms with van der Waals surface area (Å²) in [6.07, 6.45) is 1.12. The van der Waals surface area contributed by atoms with E-state index in [9.17, 15) is 13.2 Å². The van der Waals surface area contributed by atoms with Crippen molar-refractivity contribution < 1.29 is 27.4 Å². The molecule has 2 aliphatic rings. The Kier molecular flexibility index (Phi) is 5.79. The molecule has 2 saturated heterocycles. The molecule has 2 heterocycles. The molecule has 0 bridgehead atoms. The van der Waals surface area contributed by atoms with Crippen molar-refractivity contribution in [1.29, 1.82) is 0 Å². The SMILES string of the molecule is CC(C)(C)OC(=O)N1CCCC2(CC1)COCC(CS(N)(=O)=O)O2. The topological polar surface area (TPSA) is 108 Å². The third-order valence-corrected chi connectivity index (χ3v) is 4.89. The summed E-state index contributed by atoms with van der Waals surface area (Å²) in [6.45, 7) is 7.19. The minimum absolute atomic E-state index is 0.216. The van der Waals surface area contributed by atoms with Crippen LogP contribution in [-0.2, 0) is 24.2 Å². The van der Waals surface area contributed by atoms with Crippen LogP contribution in [0.2, 0.25) is 0 Å². The Morgan fingerprint density at radius 2 is 2.04 bits per heavy atom. The van der Waals surface area contributed by atoms with Gasteiger partial charge >= 0.3 is 6.09 Å². The van der Waals surface area contributed by atoms with Crippen molar-refractivity contribution in [1.82, 2.24) is 4.90 Å². The quantitative estimate of drug-likeness (QED) is 0.778. The second kappa shape index (κ2) is 7.15. The highest BCUT2D eigenvalue weighted by Crippen LogP contribution is 2.32. The number of nitrogens with two attached hydrogens (primary N) is 1. The average Bonchev–Trinajstić information content (AvgIpc) is 2.58. The van der Waals surface area contributed by atoms with Crippen LogP contribution in [0.15, 0.2) is 0 Å². The number of hydrogen-bond acceptors (Lipinski definition) is 6. The van der Waals surface area contributed by atoms with Gasteiger partial charge in [-0.05, 0) is 40.0 Å². The first-order valence-corrected chi connectivity index (χ1v) is 9.94. The smallest absolute Gasteiger partial charge is 0.410 e. The number of likely N-dealkylation sites (tertiary alicyclic amines) is 1. The van der Waals surface area contributed by atoms with E-state index >= 15 is 0 Å². The van der Waals surface area contributed by atoms with Crippen LogP contribution in [0.5, 0.6) is 0 Å². The number of rotatable bonds is 2. The van der Waals surface area contributed by atoms with Crippen LogP contribution in [0.25, 0.3) is 0 Å². The first-order valence-electron chi connectivity index (χ1n) is 8.22. The number of carbonyl (C=O) groups excluding carboxylic acids is 1. The van der Waals surface area contributed by atoms with E-state index in [0.717, 1.165) is 6.42 Å². The van der Waals surface area contributed by atoms with Gasteiger partial charge in [-0.2, -0.15) is 0 Å². The first kappa shape index (κ1) is 19.4. The predicted octanol–water partition coefficient (Wildman–Crippen LogP) is 0.850. The summed E-state index contributed by atoms with van der Waals surface area (Å²) in [4.78, 5) is 13.9. The molecule has 2 atom stereocenters. The van der Waals surface area contributed by atoms with Gasteiger partial charge in [0.15, 0.2) is 0 Å². The van der Waals surface area contributed by atoms with Crippen molar-refractivity contribution in [2.24, 2.45) is 5.14 Å². The number of primary sulfonamides is 1. The summed E-state index contributed by atoms with van der Waals surface area (Å²) < 4.78 is 39.6. The molecule has 2 unspecified atom stereocenters. The van der Waals surface area contributed by atoms with Crippen molar-refractivity contribution in [3.8, 4) is 0 Å². The summed E-state index contributed by atoms with van der Waals surface area (Å²) >= 11 is 0. The minimum Gasteiger partial charge on any atom is -0.444 e. The maximum absolute atomic E-state index is 12.2. The molecule has 0 aliphatic carbocycles. The predicted molar refractivity (Wildman–Crippen MR) is 88.1 cm³/mol. The van der Waals surface area contributed by atoms with Crippen molar-refractivity contribution in [2.75, 3.05) is 32.1 Å². The van der Waals surface area contributed by atoms with Gasteiger partial charge in [0, 0.05) is 13.1 Å². The molecule has 2 aliphatic heterocycles. The molecular weight excluding hydrogens is 336 g/mol. The van der Waals surface area contributed by atoms with Gasteiger partial charge in [0.2, 0.25) is 10.0 Å². The molecule has 0 aromatic carbocycles. The van der Waals surface area contributed by atoms with Crippen LogP contribution in [0.3, 0.4) is 0 Å². The lowest BCUT2D eigenvalue weighted by atomic mass is 9.94. The molecule has 1 spiro atoms. The van der Waals surface area contributed by atoms with E-state index in [1.54, 1.807) is 4.90 Å². The summed E-state index contributed by atoms with van der Waals surface area (Å²) in [5.74, 6) is -0.259. The maximum atomic E-state index is 12.2. The summed E-state index contributed by atoms with van der Waals surface area (Å²) in [6, 6.07) is 0. The second-order valence-corrected chi connectivity index (χ2v) is 9.25. The average molecular weight is 364 g/mol. The number of sulfonamides is 1. The van der Waals surface area contributed by atoms with Crippen molar-refractivity contribution in [3.63, 3.8) is 0 Å². The van der Waals surface area contributed by atoms with Gasteiger partial charge in [0.1, 0.15) is 5.60 Å². The van der Waals surface area contributed by atoms with Gasteiger partial charge < -0.3 is 19.1 Å². The van der Waals surface area contributed by atoms with Crippen LogP contribution in [-0.4, -0.2) is 68.8 Å². The van der Waals surface area contributed by atoms with Crippen LogP contribution >= 0.6 is 0 Å². The summed E-state index contributed by atoms with van der Waals surface area (Å²) in [5, 5.41) is 5.10. The second-order valence-electron chi connectivity index (χ2n) is 7.59. The summed E-state index contributed by atoms with van der Waals surface area (Å²) in [5.41, 5.74) is -1.10. The molecule has 2 N–H and O–H groups in total. The van der Waals surface area contributed by atoms with Gasteiger partial charge in [0.25, 0.3) is 0 Å². The van der Waals surface area contributed by atoms with Crippen molar-refractivity contribution in [2.45, 2.75) is 57.3 Å². The lowest BCUT2D eigenvalue weighted by Crippen LogP contribution is -2.50. The van der Waals surface area contributed by atoms with Crippen LogP contribution in [0.1, 0.15) is 40.0 Å². The van der Waals surface area contributed by atoms with E-state index in [-0.39, 0.29) is 18.5 Å². The zero-order valence-electron chi connectivity index (χ0n) is 14.6. The fourth-order valence-corrected chi connectivity index (χ4v) is 3.76. The molecule has 0 saturated carbocycles. The molecule has 140 valence electrons. The highest BCUT2D eigenvalue weighted by molar-refractivity contribution is 7.89. The Labute approximate surface area is 143 Å². The fraction of sp³-hybridized carbons (Fsp3) is 0.933. The van der Waals surface area contributed by atoms with E-state index in [4.69, 9.17) is 19.3 Å². The Balaban J connectivity index is 1.97. The van der Waals surface area contributed by atoms with Gasteiger partial charge in [-0.3, -0.25) is 0 Å². The highest BCUT2D eigenvalue weighted by atomic mass is 32.2. The Bertz CT molecular complexity index is 559.